The Labute approximate surface area is 70.8 Å². The van der Waals surface area contributed by atoms with Gasteiger partial charge in [0.1, 0.15) is 0 Å². The first-order valence-electron chi connectivity index (χ1n) is 3.90. The van der Waals surface area contributed by atoms with Gasteiger partial charge in [-0.15, -0.1) is 0 Å². The molecule has 0 fully saturated rings. The van der Waals surface area contributed by atoms with E-state index in [9.17, 15) is 4.79 Å². The van der Waals surface area contributed by atoms with Gasteiger partial charge in [-0.05, 0) is 6.42 Å². The molecule has 4 heteroatoms. The topological polar surface area (TPSA) is 44.1 Å². The van der Waals surface area contributed by atoms with E-state index in [0.717, 1.165) is 6.42 Å². The predicted octanol–water partition coefficient (Wildman–Crippen LogP) is 0.569. The summed E-state index contributed by atoms with van der Waals surface area (Å²) < 4.78 is 6.57. The molecule has 1 aromatic rings. The molecule has 0 bridgehead atoms. The van der Waals surface area contributed by atoms with Crippen molar-refractivity contribution in [3.8, 4) is 5.88 Å². The van der Waals surface area contributed by atoms with Crippen molar-refractivity contribution in [1.29, 1.82) is 0 Å². The van der Waals surface area contributed by atoms with E-state index < -0.39 is 0 Å². The highest BCUT2D eigenvalue weighted by molar-refractivity contribution is 5.05. The summed E-state index contributed by atoms with van der Waals surface area (Å²) in [6.45, 7) is 2.60. The Bertz CT molecular complexity index is 306. The molecule has 0 atom stereocenters. The van der Waals surface area contributed by atoms with Crippen molar-refractivity contribution in [2.24, 2.45) is 7.05 Å². The van der Waals surface area contributed by atoms with Crippen molar-refractivity contribution < 1.29 is 4.74 Å². The maximum absolute atomic E-state index is 11.0. The van der Waals surface area contributed by atoms with Gasteiger partial charge in [-0.25, -0.2) is 4.79 Å². The van der Waals surface area contributed by atoms with Gasteiger partial charge >= 0.3 is 5.69 Å². The Balaban J connectivity index is 2.76. The second kappa shape index (κ2) is 3.90. The highest BCUT2D eigenvalue weighted by atomic mass is 16.5. The molecule has 0 unspecified atom stereocenters. The third-order valence-electron chi connectivity index (χ3n) is 1.40. The van der Waals surface area contributed by atoms with E-state index >= 15 is 0 Å². The average Bonchev–Trinajstić information content (AvgIpc) is 2.07. The number of hydrogen-bond donors (Lipinski definition) is 0. The first kappa shape index (κ1) is 8.77. The zero-order valence-electron chi connectivity index (χ0n) is 7.28. The summed E-state index contributed by atoms with van der Waals surface area (Å²) in [6, 6.07) is 1.68. The van der Waals surface area contributed by atoms with Crippen molar-refractivity contribution in [2.75, 3.05) is 6.61 Å². The fraction of sp³-hybridized carbons (Fsp3) is 0.500. The molecule has 0 aliphatic carbocycles. The molecule has 0 amide bonds. The van der Waals surface area contributed by atoms with Crippen LogP contribution in [0.25, 0.3) is 0 Å². The maximum Gasteiger partial charge on any atom is 0.350 e. The van der Waals surface area contributed by atoms with E-state index in [1.807, 2.05) is 6.92 Å². The van der Waals surface area contributed by atoms with Crippen LogP contribution >= 0.6 is 0 Å². The Hall–Kier alpha value is -1.32. The smallest absolute Gasteiger partial charge is 0.350 e. The minimum Gasteiger partial charge on any atom is -0.478 e. The van der Waals surface area contributed by atoms with Crippen LogP contribution in [0.1, 0.15) is 13.3 Å². The lowest BCUT2D eigenvalue weighted by Gasteiger charge is -2.02. The molecule has 1 rings (SSSR count). The van der Waals surface area contributed by atoms with Crippen LogP contribution in [0, 0.1) is 0 Å². The summed E-state index contributed by atoms with van der Waals surface area (Å²) in [4.78, 5) is 14.7. The van der Waals surface area contributed by atoms with E-state index in [4.69, 9.17) is 4.74 Å². The highest BCUT2D eigenvalue weighted by Crippen LogP contribution is 2.00. The third-order valence-corrected chi connectivity index (χ3v) is 1.40. The van der Waals surface area contributed by atoms with Gasteiger partial charge in [0.2, 0.25) is 5.88 Å². The van der Waals surface area contributed by atoms with Gasteiger partial charge in [-0.1, -0.05) is 6.92 Å². The molecule has 0 saturated carbocycles. The Kier molecular flexibility index (Phi) is 2.85. The minimum absolute atomic E-state index is 0.288. The van der Waals surface area contributed by atoms with Crippen LogP contribution in [0.4, 0.5) is 0 Å². The van der Waals surface area contributed by atoms with Crippen LogP contribution in [0.3, 0.4) is 0 Å². The standard InChI is InChI=1S/C8H12N2O2/c1-3-6-12-7-4-5-10(2)8(11)9-7/h4-5H,3,6H2,1-2H3. The molecule has 0 spiro atoms. The molecule has 0 saturated heterocycles. The molecule has 1 heterocycles. The van der Waals surface area contributed by atoms with E-state index in [-0.39, 0.29) is 5.69 Å². The molecule has 12 heavy (non-hydrogen) atoms. The second-order valence-corrected chi connectivity index (χ2v) is 2.51. The van der Waals surface area contributed by atoms with Gasteiger partial charge in [0.05, 0.1) is 6.61 Å². The van der Waals surface area contributed by atoms with E-state index in [2.05, 4.69) is 4.98 Å². The average molecular weight is 168 g/mol. The normalized spacial score (nSPS) is 9.83. The fourth-order valence-electron chi connectivity index (χ4n) is 0.737. The molecule has 0 radical (unpaired) electrons. The largest absolute Gasteiger partial charge is 0.478 e. The number of aryl methyl sites for hydroxylation is 1. The quantitative estimate of drug-likeness (QED) is 0.662. The first-order chi connectivity index (χ1) is 5.74. The van der Waals surface area contributed by atoms with Crippen molar-refractivity contribution in [3.63, 3.8) is 0 Å². The van der Waals surface area contributed by atoms with Crippen molar-refractivity contribution in [3.05, 3.63) is 22.7 Å². The monoisotopic (exact) mass is 168 g/mol. The summed E-state index contributed by atoms with van der Waals surface area (Å²) >= 11 is 0. The number of rotatable bonds is 3. The van der Waals surface area contributed by atoms with Gasteiger partial charge in [0.15, 0.2) is 0 Å². The summed E-state index contributed by atoms with van der Waals surface area (Å²) in [5.41, 5.74) is -0.288. The van der Waals surface area contributed by atoms with Crippen LogP contribution < -0.4 is 10.4 Å². The van der Waals surface area contributed by atoms with Gasteiger partial charge in [-0.3, -0.25) is 0 Å². The molecule has 0 aliphatic heterocycles. The molecular formula is C8H12N2O2. The molecule has 66 valence electrons. The number of aromatic nitrogens is 2. The summed E-state index contributed by atoms with van der Waals surface area (Å²) in [6.07, 6.45) is 2.55. The van der Waals surface area contributed by atoms with Crippen LogP contribution in [0.15, 0.2) is 17.1 Å². The zero-order valence-corrected chi connectivity index (χ0v) is 7.28. The Morgan fingerprint density at radius 2 is 2.42 bits per heavy atom. The number of ether oxygens (including phenoxy) is 1. The highest BCUT2D eigenvalue weighted by Gasteiger charge is 1.96. The van der Waals surface area contributed by atoms with Crippen LogP contribution in [0.2, 0.25) is 0 Å². The van der Waals surface area contributed by atoms with Gasteiger partial charge in [-0.2, -0.15) is 4.98 Å². The summed E-state index contributed by atoms with van der Waals surface area (Å²) in [5.74, 6) is 0.403. The number of nitrogens with zero attached hydrogens (tertiary/aromatic N) is 2. The molecular weight excluding hydrogens is 156 g/mol. The van der Waals surface area contributed by atoms with Gasteiger partial charge < -0.3 is 9.30 Å². The lowest BCUT2D eigenvalue weighted by molar-refractivity contribution is 0.302. The SMILES string of the molecule is CCCOc1ccn(C)c(=O)n1. The zero-order chi connectivity index (χ0) is 8.97. The van der Waals surface area contributed by atoms with E-state index in [1.165, 1.54) is 4.57 Å². The van der Waals surface area contributed by atoms with E-state index in [1.54, 1.807) is 19.3 Å². The van der Waals surface area contributed by atoms with Crippen LogP contribution in [-0.4, -0.2) is 16.2 Å². The van der Waals surface area contributed by atoms with Crippen molar-refractivity contribution >= 4 is 0 Å². The number of hydrogen-bond acceptors (Lipinski definition) is 3. The minimum atomic E-state index is -0.288. The fourth-order valence-corrected chi connectivity index (χ4v) is 0.737. The predicted molar refractivity (Wildman–Crippen MR) is 45.3 cm³/mol. The molecule has 0 N–H and O–H groups in total. The maximum atomic E-state index is 11.0. The van der Waals surface area contributed by atoms with Crippen molar-refractivity contribution in [2.45, 2.75) is 13.3 Å². The van der Waals surface area contributed by atoms with Crippen LogP contribution in [0.5, 0.6) is 5.88 Å². The Morgan fingerprint density at radius 1 is 1.67 bits per heavy atom. The third kappa shape index (κ3) is 2.08. The lowest BCUT2D eigenvalue weighted by Crippen LogP contribution is -2.19. The summed E-state index contributed by atoms with van der Waals surface area (Å²) in [7, 11) is 1.65. The van der Waals surface area contributed by atoms with Gasteiger partial charge in [0, 0.05) is 19.3 Å². The Morgan fingerprint density at radius 3 is 3.00 bits per heavy atom. The molecule has 0 aromatic carbocycles. The lowest BCUT2D eigenvalue weighted by atomic mass is 10.5. The molecule has 4 nitrogen and oxygen atoms in total. The van der Waals surface area contributed by atoms with Gasteiger partial charge in [0.25, 0.3) is 0 Å². The van der Waals surface area contributed by atoms with Crippen molar-refractivity contribution in [1.82, 2.24) is 9.55 Å². The second-order valence-electron chi connectivity index (χ2n) is 2.51. The summed E-state index contributed by atoms with van der Waals surface area (Å²) in [5, 5.41) is 0. The van der Waals surface area contributed by atoms with Crippen LogP contribution in [-0.2, 0) is 7.05 Å². The van der Waals surface area contributed by atoms with E-state index in [0.29, 0.717) is 12.5 Å². The molecule has 1 aromatic heterocycles. The first-order valence-corrected chi connectivity index (χ1v) is 3.90. The molecule has 0 aliphatic rings.